The second-order valence-corrected chi connectivity index (χ2v) is 4.80. The molecule has 6 nitrogen and oxygen atoms in total. The van der Waals surface area contributed by atoms with Crippen LogP contribution in [0.2, 0.25) is 0 Å². The van der Waals surface area contributed by atoms with Gasteiger partial charge < -0.3 is 10.4 Å². The zero-order valence-electron chi connectivity index (χ0n) is 9.97. The number of hydrogen-bond acceptors (Lipinski definition) is 4. The summed E-state index contributed by atoms with van der Waals surface area (Å²) in [5.41, 5.74) is -0.532. The number of anilines is 1. The van der Waals surface area contributed by atoms with E-state index in [0.717, 1.165) is 19.3 Å². The average Bonchev–Trinajstić information content (AvgIpc) is 2.26. The van der Waals surface area contributed by atoms with E-state index in [4.69, 9.17) is 5.11 Å². The smallest absolute Gasteiger partial charge is 0.342 e. The maximum atomic E-state index is 11.0. The van der Waals surface area contributed by atoms with Gasteiger partial charge in [0.05, 0.1) is 4.92 Å². The fourth-order valence-corrected chi connectivity index (χ4v) is 2.17. The summed E-state index contributed by atoms with van der Waals surface area (Å²) >= 11 is 0. The van der Waals surface area contributed by atoms with Crippen molar-refractivity contribution >= 4 is 17.3 Å². The summed E-state index contributed by atoms with van der Waals surface area (Å²) in [5.74, 6) is -1.29. The van der Waals surface area contributed by atoms with E-state index in [1.54, 1.807) is 6.07 Å². The summed E-state index contributed by atoms with van der Waals surface area (Å²) in [6.45, 7) is 1.98. The highest BCUT2D eigenvalue weighted by atomic mass is 16.6. The average molecular weight is 250 g/mol. The minimum atomic E-state index is -1.29. The number of nitrogens with one attached hydrogen (secondary N) is 1. The largest absolute Gasteiger partial charge is 0.477 e. The van der Waals surface area contributed by atoms with Crippen LogP contribution in [0.3, 0.4) is 0 Å². The number of hydrogen-bond donors (Lipinski definition) is 2. The molecular formula is C12H14N2O4. The Morgan fingerprint density at radius 2 is 2.17 bits per heavy atom. The van der Waals surface area contributed by atoms with Crippen molar-refractivity contribution in [2.45, 2.75) is 31.7 Å². The molecule has 1 fully saturated rings. The Hall–Kier alpha value is -2.11. The lowest BCUT2D eigenvalue weighted by molar-refractivity contribution is -0.384. The molecule has 0 amide bonds. The van der Waals surface area contributed by atoms with Crippen LogP contribution in [0.15, 0.2) is 18.2 Å². The van der Waals surface area contributed by atoms with Gasteiger partial charge in [-0.05, 0) is 38.3 Å². The molecule has 96 valence electrons. The van der Waals surface area contributed by atoms with Crippen LogP contribution in [0, 0.1) is 10.1 Å². The van der Waals surface area contributed by atoms with Crippen molar-refractivity contribution in [2.24, 2.45) is 0 Å². The molecule has 0 bridgehead atoms. The van der Waals surface area contributed by atoms with E-state index in [1.807, 2.05) is 6.92 Å². The third kappa shape index (κ3) is 2.13. The van der Waals surface area contributed by atoms with Gasteiger partial charge in [0.1, 0.15) is 11.3 Å². The Morgan fingerprint density at radius 1 is 1.50 bits per heavy atom. The number of carboxylic acids is 1. The van der Waals surface area contributed by atoms with Gasteiger partial charge in [0.25, 0.3) is 0 Å². The van der Waals surface area contributed by atoms with Crippen LogP contribution in [0.5, 0.6) is 0 Å². The number of carboxylic acid groups (broad SMARTS) is 1. The van der Waals surface area contributed by atoms with E-state index in [-0.39, 0.29) is 22.5 Å². The Kier molecular flexibility index (Phi) is 2.94. The summed E-state index contributed by atoms with van der Waals surface area (Å²) in [7, 11) is 0. The fourth-order valence-electron chi connectivity index (χ4n) is 2.17. The molecule has 18 heavy (non-hydrogen) atoms. The van der Waals surface area contributed by atoms with Crippen molar-refractivity contribution in [1.29, 1.82) is 0 Å². The second-order valence-electron chi connectivity index (χ2n) is 4.80. The van der Waals surface area contributed by atoms with E-state index in [2.05, 4.69) is 5.32 Å². The minimum absolute atomic E-state index is 0.165. The van der Waals surface area contributed by atoms with E-state index in [9.17, 15) is 14.9 Å². The van der Waals surface area contributed by atoms with Crippen molar-refractivity contribution in [3.8, 4) is 0 Å². The second kappa shape index (κ2) is 4.29. The number of benzene rings is 1. The third-order valence-electron chi connectivity index (χ3n) is 3.34. The lowest BCUT2D eigenvalue weighted by atomic mass is 9.78. The van der Waals surface area contributed by atoms with E-state index in [1.165, 1.54) is 12.1 Å². The molecule has 0 radical (unpaired) electrons. The van der Waals surface area contributed by atoms with Crippen LogP contribution < -0.4 is 5.32 Å². The molecule has 2 rings (SSSR count). The van der Waals surface area contributed by atoms with Crippen LogP contribution in [0.1, 0.15) is 36.5 Å². The molecule has 2 N–H and O–H groups in total. The van der Waals surface area contributed by atoms with Crippen molar-refractivity contribution < 1.29 is 14.8 Å². The SMILES string of the molecule is CC1(Nc2cccc(C(=O)O)c2[N+](=O)[O-])CCC1. The van der Waals surface area contributed by atoms with Crippen molar-refractivity contribution in [3.05, 3.63) is 33.9 Å². The van der Waals surface area contributed by atoms with Crippen molar-refractivity contribution in [2.75, 3.05) is 5.32 Å². The molecule has 1 saturated carbocycles. The highest BCUT2D eigenvalue weighted by molar-refractivity contribution is 5.95. The number of nitro groups is 1. The summed E-state index contributed by atoms with van der Waals surface area (Å²) in [4.78, 5) is 21.4. The van der Waals surface area contributed by atoms with Crippen molar-refractivity contribution in [1.82, 2.24) is 0 Å². The Morgan fingerprint density at radius 3 is 2.61 bits per heavy atom. The molecule has 1 aromatic rings. The number of nitro benzene ring substituents is 1. The van der Waals surface area contributed by atoms with E-state index < -0.39 is 10.9 Å². The van der Waals surface area contributed by atoms with Gasteiger partial charge in [-0.2, -0.15) is 0 Å². The molecule has 0 aromatic heterocycles. The molecule has 6 heteroatoms. The first-order valence-electron chi connectivity index (χ1n) is 5.72. The molecule has 0 heterocycles. The quantitative estimate of drug-likeness (QED) is 0.633. The van der Waals surface area contributed by atoms with Crippen LogP contribution in [0.4, 0.5) is 11.4 Å². The number of rotatable bonds is 4. The molecule has 0 unspecified atom stereocenters. The van der Waals surface area contributed by atoms with Crippen LogP contribution in [0.25, 0.3) is 0 Å². The zero-order valence-corrected chi connectivity index (χ0v) is 9.97. The van der Waals surface area contributed by atoms with Gasteiger partial charge in [-0.3, -0.25) is 10.1 Å². The third-order valence-corrected chi connectivity index (χ3v) is 3.34. The maximum absolute atomic E-state index is 11.0. The normalized spacial score (nSPS) is 16.7. The van der Waals surface area contributed by atoms with Gasteiger partial charge >= 0.3 is 11.7 Å². The van der Waals surface area contributed by atoms with Crippen LogP contribution in [-0.2, 0) is 0 Å². The van der Waals surface area contributed by atoms with Crippen LogP contribution in [-0.4, -0.2) is 21.5 Å². The summed E-state index contributed by atoms with van der Waals surface area (Å²) < 4.78 is 0. The van der Waals surface area contributed by atoms with Crippen molar-refractivity contribution in [3.63, 3.8) is 0 Å². The standard InChI is InChI=1S/C12H14N2O4/c1-12(6-3-7-12)13-9-5-2-4-8(11(15)16)10(9)14(17)18/h2,4-5,13H,3,6-7H2,1H3,(H,15,16). The first kappa shape index (κ1) is 12.3. The Bertz CT molecular complexity index is 509. The Balaban J connectivity index is 2.43. The zero-order chi connectivity index (χ0) is 13.3. The van der Waals surface area contributed by atoms with Gasteiger partial charge in [0.2, 0.25) is 0 Å². The molecule has 0 spiro atoms. The molecule has 0 atom stereocenters. The maximum Gasteiger partial charge on any atom is 0.342 e. The van der Waals surface area contributed by atoms with Gasteiger partial charge in [-0.15, -0.1) is 0 Å². The molecule has 1 aliphatic carbocycles. The van der Waals surface area contributed by atoms with Gasteiger partial charge in [-0.1, -0.05) is 6.07 Å². The Labute approximate surface area is 104 Å². The molecule has 0 saturated heterocycles. The number of para-hydroxylation sites is 1. The first-order valence-corrected chi connectivity index (χ1v) is 5.72. The first-order chi connectivity index (χ1) is 8.43. The topological polar surface area (TPSA) is 92.5 Å². The number of carbonyl (C=O) groups is 1. The van der Waals surface area contributed by atoms with Gasteiger partial charge in [0, 0.05) is 5.54 Å². The minimum Gasteiger partial charge on any atom is -0.477 e. The summed E-state index contributed by atoms with van der Waals surface area (Å²) in [5, 5.41) is 23.1. The fraction of sp³-hybridized carbons (Fsp3) is 0.417. The molecular weight excluding hydrogens is 236 g/mol. The summed E-state index contributed by atoms with van der Waals surface area (Å²) in [6, 6.07) is 4.31. The molecule has 1 aromatic carbocycles. The predicted molar refractivity (Wildman–Crippen MR) is 65.9 cm³/mol. The highest BCUT2D eigenvalue weighted by Crippen LogP contribution is 2.38. The van der Waals surface area contributed by atoms with Gasteiger partial charge in [0.15, 0.2) is 0 Å². The molecule has 0 aliphatic heterocycles. The van der Waals surface area contributed by atoms with E-state index in [0.29, 0.717) is 0 Å². The highest BCUT2D eigenvalue weighted by Gasteiger charge is 2.34. The number of aromatic carboxylic acids is 1. The lowest BCUT2D eigenvalue weighted by Crippen LogP contribution is -2.41. The van der Waals surface area contributed by atoms with Crippen LogP contribution >= 0.6 is 0 Å². The lowest BCUT2D eigenvalue weighted by Gasteiger charge is -2.39. The molecule has 1 aliphatic rings. The monoisotopic (exact) mass is 250 g/mol. The summed E-state index contributed by atoms with van der Waals surface area (Å²) in [6.07, 6.45) is 2.94. The number of nitrogens with zero attached hydrogens (tertiary/aromatic N) is 1. The van der Waals surface area contributed by atoms with Gasteiger partial charge in [-0.25, -0.2) is 4.79 Å². The predicted octanol–water partition coefficient (Wildman–Crippen LogP) is 2.65. The van der Waals surface area contributed by atoms with E-state index >= 15 is 0 Å².